The highest BCUT2D eigenvalue weighted by Crippen LogP contribution is 2.23. The highest BCUT2D eigenvalue weighted by molar-refractivity contribution is 7.92. The smallest absolute Gasteiger partial charge is 0.245 e. The van der Waals surface area contributed by atoms with Crippen LogP contribution < -0.4 is 9.62 Å². The number of carbonyl (C=O) groups is 2. The van der Waals surface area contributed by atoms with E-state index in [0.29, 0.717) is 24.3 Å². The maximum absolute atomic E-state index is 12.8. The highest BCUT2D eigenvalue weighted by Gasteiger charge is 2.26. The third-order valence-electron chi connectivity index (χ3n) is 5.32. The Kier molecular flexibility index (Phi) is 7.55. The molecule has 2 aromatic rings. The maximum atomic E-state index is 12.8. The molecule has 1 aliphatic heterocycles. The molecule has 11 heteroatoms. The molecule has 3 rings (SSSR count). The van der Waals surface area contributed by atoms with Gasteiger partial charge in [0.25, 0.3) is 0 Å². The van der Waals surface area contributed by atoms with Gasteiger partial charge in [-0.05, 0) is 56.2 Å². The lowest BCUT2D eigenvalue weighted by Gasteiger charge is -2.26. The number of carbonyl (C=O) groups excluding carboxylic acids is 2. The SMILES string of the molecule is CC(=O)c1cccc(N(CC(=O)Nc2ccc(S(=O)(=O)N3CCCCC3)cc2)S(C)(=O)=O)c1. The van der Waals surface area contributed by atoms with E-state index in [1.807, 2.05) is 0 Å². The molecule has 1 fully saturated rings. The van der Waals surface area contributed by atoms with Gasteiger partial charge in [0.2, 0.25) is 26.0 Å². The molecule has 9 nitrogen and oxygen atoms in total. The second-order valence-electron chi connectivity index (χ2n) is 7.91. The van der Waals surface area contributed by atoms with Crippen molar-refractivity contribution in [3.8, 4) is 0 Å². The molecular formula is C22H27N3O6S2. The molecule has 1 heterocycles. The predicted molar refractivity (Wildman–Crippen MR) is 126 cm³/mol. The molecule has 1 amide bonds. The summed E-state index contributed by atoms with van der Waals surface area (Å²) in [5.74, 6) is -0.838. The molecule has 0 saturated carbocycles. The maximum Gasteiger partial charge on any atom is 0.245 e. The number of piperidine rings is 1. The Morgan fingerprint density at radius 1 is 0.970 bits per heavy atom. The van der Waals surface area contributed by atoms with Crippen molar-refractivity contribution in [3.05, 3.63) is 54.1 Å². The zero-order chi connectivity index (χ0) is 24.2. The monoisotopic (exact) mass is 493 g/mol. The minimum absolute atomic E-state index is 0.140. The number of benzene rings is 2. The summed E-state index contributed by atoms with van der Waals surface area (Å²) in [7, 11) is -7.40. The Morgan fingerprint density at radius 2 is 1.61 bits per heavy atom. The van der Waals surface area contributed by atoms with Crippen LogP contribution in [0.15, 0.2) is 53.4 Å². The average Bonchev–Trinajstić information content (AvgIpc) is 2.78. The number of sulfonamides is 2. The number of hydrogen-bond acceptors (Lipinski definition) is 6. The minimum atomic E-state index is -3.81. The number of anilines is 2. The van der Waals surface area contributed by atoms with Gasteiger partial charge in [0, 0.05) is 24.3 Å². The van der Waals surface area contributed by atoms with E-state index >= 15 is 0 Å². The van der Waals surface area contributed by atoms with Crippen molar-refractivity contribution in [3.63, 3.8) is 0 Å². The summed E-state index contributed by atoms with van der Waals surface area (Å²) in [4.78, 5) is 24.4. The van der Waals surface area contributed by atoms with Gasteiger partial charge >= 0.3 is 0 Å². The molecule has 33 heavy (non-hydrogen) atoms. The van der Waals surface area contributed by atoms with Crippen LogP contribution in [0.4, 0.5) is 11.4 Å². The highest BCUT2D eigenvalue weighted by atomic mass is 32.2. The fourth-order valence-corrected chi connectivity index (χ4v) is 5.94. The lowest BCUT2D eigenvalue weighted by molar-refractivity contribution is -0.114. The van der Waals surface area contributed by atoms with Gasteiger partial charge in [0.15, 0.2) is 5.78 Å². The number of amides is 1. The summed E-state index contributed by atoms with van der Waals surface area (Å²) < 4.78 is 52.5. The molecule has 2 aromatic carbocycles. The van der Waals surface area contributed by atoms with Crippen LogP contribution in [0.1, 0.15) is 36.5 Å². The molecule has 1 N–H and O–H groups in total. The largest absolute Gasteiger partial charge is 0.325 e. The van der Waals surface area contributed by atoms with E-state index in [4.69, 9.17) is 0 Å². The second-order valence-corrected chi connectivity index (χ2v) is 11.8. The van der Waals surface area contributed by atoms with E-state index in [-0.39, 0.29) is 16.4 Å². The Hall–Kier alpha value is -2.76. The van der Waals surface area contributed by atoms with Crippen LogP contribution in [0.2, 0.25) is 0 Å². The molecule has 0 aliphatic carbocycles. The van der Waals surface area contributed by atoms with Crippen LogP contribution in [0, 0.1) is 0 Å². The third kappa shape index (κ3) is 6.18. The van der Waals surface area contributed by atoms with Gasteiger partial charge in [0.05, 0.1) is 16.8 Å². The summed E-state index contributed by atoms with van der Waals surface area (Å²) >= 11 is 0. The summed E-state index contributed by atoms with van der Waals surface area (Å²) in [6.07, 6.45) is 3.65. The van der Waals surface area contributed by atoms with Crippen LogP contribution in [-0.4, -0.2) is 58.7 Å². The van der Waals surface area contributed by atoms with Crippen molar-refractivity contribution in [2.75, 3.05) is 35.5 Å². The quantitative estimate of drug-likeness (QED) is 0.564. The number of rotatable bonds is 8. The first kappa shape index (κ1) is 24.9. The minimum Gasteiger partial charge on any atom is -0.325 e. The topological polar surface area (TPSA) is 121 Å². The van der Waals surface area contributed by atoms with Gasteiger partial charge in [-0.25, -0.2) is 16.8 Å². The van der Waals surface area contributed by atoms with E-state index in [9.17, 15) is 26.4 Å². The number of hydrogen-bond donors (Lipinski definition) is 1. The lowest BCUT2D eigenvalue weighted by atomic mass is 10.1. The first-order valence-electron chi connectivity index (χ1n) is 10.5. The Balaban J connectivity index is 1.73. The van der Waals surface area contributed by atoms with Crippen molar-refractivity contribution in [2.24, 2.45) is 0 Å². The standard InChI is InChI=1S/C22H27N3O6S2/c1-17(26)18-7-6-8-20(15-18)25(32(2,28)29)16-22(27)23-19-9-11-21(12-10-19)33(30,31)24-13-4-3-5-14-24/h6-12,15H,3-5,13-14,16H2,1-2H3,(H,23,27). The molecule has 0 radical (unpaired) electrons. The van der Waals surface area contributed by atoms with Gasteiger partial charge in [-0.1, -0.05) is 18.6 Å². The Labute approximate surface area is 194 Å². The van der Waals surface area contributed by atoms with E-state index in [1.165, 1.54) is 47.6 Å². The molecule has 0 unspecified atom stereocenters. The van der Waals surface area contributed by atoms with Crippen LogP contribution in [0.25, 0.3) is 0 Å². The second kappa shape index (κ2) is 10.0. The van der Waals surface area contributed by atoms with Crippen molar-refractivity contribution < 1.29 is 26.4 Å². The third-order valence-corrected chi connectivity index (χ3v) is 8.37. The molecule has 0 bridgehead atoms. The average molecular weight is 494 g/mol. The molecule has 0 aromatic heterocycles. The van der Waals surface area contributed by atoms with Crippen molar-refractivity contribution in [1.29, 1.82) is 0 Å². The normalized spacial score (nSPS) is 15.1. The predicted octanol–water partition coefficient (Wildman–Crippen LogP) is 2.47. The van der Waals surface area contributed by atoms with Gasteiger partial charge < -0.3 is 5.32 Å². The van der Waals surface area contributed by atoms with Crippen LogP contribution in [0.3, 0.4) is 0 Å². The molecular weight excluding hydrogens is 466 g/mol. The first-order valence-corrected chi connectivity index (χ1v) is 13.8. The first-order chi connectivity index (χ1) is 15.5. The molecule has 0 atom stereocenters. The summed E-state index contributed by atoms with van der Waals surface area (Å²) in [6.45, 7) is 1.85. The van der Waals surface area contributed by atoms with E-state index < -0.39 is 32.5 Å². The number of nitrogens with zero attached hydrogens (tertiary/aromatic N) is 2. The van der Waals surface area contributed by atoms with E-state index in [0.717, 1.165) is 29.8 Å². The van der Waals surface area contributed by atoms with Gasteiger partial charge in [-0.2, -0.15) is 4.31 Å². The molecule has 1 saturated heterocycles. The van der Waals surface area contributed by atoms with Crippen LogP contribution in [0.5, 0.6) is 0 Å². The lowest BCUT2D eigenvalue weighted by Crippen LogP contribution is -2.37. The van der Waals surface area contributed by atoms with E-state index in [1.54, 1.807) is 12.1 Å². The fourth-order valence-electron chi connectivity index (χ4n) is 3.58. The van der Waals surface area contributed by atoms with Crippen molar-refractivity contribution >= 4 is 43.1 Å². The summed E-state index contributed by atoms with van der Waals surface area (Å²) in [5.41, 5.74) is 0.860. The zero-order valence-corrected chi connectivity index (χ0v) is 20.2. The number of ketones is 1. The van der Waals surface area contributed by atoms with Crippen LogP contribution in [-0.2, 0) is 24.8 Å². The number of nitrogens with one attached hydrogen (secondary N) is 1. The number of Topliss-reactive ketones (excluding diaryl/α,β-unsaturated/α-hetero) is 1. The van der Waals surface area contributed by atoms with Gasteiger partial charge in [-0.3, -0.25) is 13.9 Å². The summed E-state index contributed by atoms with van der Waals surface area (Å²) in [6, 6.07) is 11.8. The molecule has 1 aliphatic rings. The van der Waals surface area contributed by atoms with Crippen molar-refractivity contribution in [1.82, 2.24) is 4.31 Å². The van der Waals surface area contributed by atoms with Crippen LogP contribution >= 0.6 is 0 Å². The molecule has 178 valence electrons. The Bertz CT molecular complexity index is 1240. The zero-order valence-electron chi connectivity index (χ0n) is 18.5. The van der Waals surface area contributed by atoms with Gasteiger partial charge in [-0.15, -0.1) is 0 Å². The Morgan fingerprint density at radius 3 is 2.18 bits per heavy atom. The van der Waals surface area contributed by atoms with E-state index in [2.05, 4.69) is 5.32 Å². The summed E-state index contributed by atoms with van der Waals surface area (Å²) in [5, 5.41) is 2.59. The molecule has 0 spiro atoms. The van der Waals surface area contributed by atoms with Gasteiger partial charge in [0.1, 0.15) is 6.54 Å². The van der Waals surface area contributed by atoms with Crippen molar-refractivity contribution in [2.45, 2.75) is 31.1 Å². The fraction of sp³-hybridized carbons (Fsp3) is 0.364.